The number of nitrogen functional groups attached to an aromatic ring is 1. The van der Waals surface area contributed by atoms with Gasteiger partial charge >= 0.3 is 0 Å². The predicted octanol–water partition coefficient (Wildman–Crippen LogP) is 6.48. The van der Waals surface area contributed by atoms with Crippen LogP contribution in [0.25, 0.3) is 21.5 Å². The maximum atomic E-state index is 14.0. The first kappa shape index (κ1) is 25.0. The van der Waals surface area contributed by atoms with Crippen molar-refractivity contribution in [3.05, 3.63) is 52.6 Å². The molecule has 0 spiro atoms. The van der Waals surface area contributed by atoms with Crippen molar-refractivity contribution < 1.29 is 9.13 Å². The summed E-state index contributed by atoms with van der Waals surface area (Å²) in [6, 6.07) is 6.38. The van der Waals surface area contributed by atoms with Crippen LogP contribution in [-0.2, 0) is 6.54 Å². The zero-order valence-corrected chi connectivity index (χ0v) is 23.1. The summed E-state index contributed by atoms with van der Waals surface area (Å²) in [7, 11) is 0. The van der Waals surface area contributed by atoms with E-state index >= 15 is 0 Å². The number of fused-ring (bicyclic) bond motifs is 2. The lowest BCUT2D eigenvalue weighted by molar-refractivity contribution is 0.329. The van der Waals surface area contributed by atoms with E-state index < -0.39 is 6.17 Å². The van der Waals surface area contributed by atoms with Gasteiger partial charge in [0.15, 0.2) is 5.13 Å². The van der Waals surface area contributed by atoms with Crippen LogP contribution in [0.4, 0.5) is 15.3 Å². The lowest BCUT2D eigenvalue weighted by Crippen LogP contribution is -2.29. The highest BCUT2D eigenvalue weighted by Gasteiger charge is 2.31. The summed E-state index contributed by atoms with van der Waals surface area (Å²) < 4.78 is 20.3. The van der Waals surface area contributed by atoms with Gasteiger partial charge in [0, 0.05) is 41.0 Å². The van der Waals surface area contributed by atoms with E-state index in [1.54, 1.807) is 0 Å². The summed E-state index contributed by atoms with van der Waals surface area (Å²) in [5.74, 6) is 2.99. The number of rotatable bonds is 4. The summed E-state index contributed by atoms with van der Waals surface area (Å²) >= 11 is 1.39. The Kier molecular flexibility index (Phi) is 6.42. The number of ether oxygens (including phenoxy) is 1. The normalized spacial score (nSPS) is 19.6. The number of pyridine rings is 1. The monoisotopic (exact) mass is 532 g/mol. The Labute approximate surface area is 226 Å². The molecule has 4 aromatic rings. The van der Waals surface area contributed by atoms with E-state index in [9.17, 15) is 4.39 Å². The van der Waals surface area contributed by atoms with Gasteiger partial charge in [0.1, 0.15) is 40.5 Å². The molecule has 0 bridgehead atoms. The molecule has 2 N–H and O–H groups in total. The maximum Gasteiger partial charge on any atom is 0.182 e. The molecule has 9 heteroatoms. The Balaban J connectivity index is 1.40. The average molecular weight is 533 g/mol. The predicted molar refractivity (Wildman–Crippen MR) is 151 cm³/mol. The highest BCUT2D eigenvalue weighted by Crippen LogP contribution is 2.39. The molecule has 0 saturated heterocycles. The molecule has 7 nitrogen and oxygen atoms in total. The topological polar surface area (TPSA) is 90.0 Å². The third kappa shape index (κ3) is 4.57. The lowest BCUT2D eigenvalue weighted by atomic mass is 9.98. The van der Waals surface area contributed by atoms with Gasteiger partial charge in [-0.25, -0.2) is 24.3 Å². The van der Waals surface area contributed by atoms with Crippen molar-refractivity contribution in [1.82, 2.24) is 19.9 Å². The molecular formula is C29H33FN6OS. The average Bonchev–Trinajstić information content (AvgIpc) is 3.40. The molecule has 0 unspecified atom stereocenters. The second-order valence-electron chi connectivity index (χ2n) is 10.8. The number of hydrogen-bond acceptors (Lipinski definition) is 8. The summed E-state index contributed by atoms with van der Waals surface area (Å²) in [4.78, 5) is 22.1. The van der Waals surface area contributed by atoms with Gasteiger partial charge in [-0.05, 0) is 68.4 Å². The van der Waals surface area contributed by atoms with Crippen LogP contribution in [0.3, 0.4) is 0 Å². The molecule has 198 valence electrons. The van der Waals surface area contributed by atoms with E-state index in [2.05, 4.69) is 54.7 Å². The Bertz CT molecular complexity index is 1520. The molecular weight excluding hydrogens is 499 g/mol. The van der Waals surface area contributed by atoms with Crippen LogP contribution in [0.1, 0.15) is 73.2 Å². The SMILES string of the molecule is Cc1cc(-c2cnc3sc(N)nc3c2)cc2c1OCCN(c1nc([C@H]3CC[C@H](F)C3)nc(C)c1C(C)C)C2. The Hall–Kier alpha value is -3.33. The van der Waals surface area contributed by atoms with Crippen LogP contribution in [-0.4, -0.2) is 39.3 Å². The Morgan fingerprint density at radius 2 is 1.95 bits per heavy atom. The van der Waals surface area contributed by atoms with E-state index in [0.29, 0.717) is 37.7 Å². The molecule has 1 aliphatic carbocycles. The Morgan fingerprint density at radius 1 is 1.11 bits per heavy atom. The third-order valence-corrected chi connectivity index (χ3v) is 8.47. The van der Waals surface area contributed by atoms with Crippen molar-refractivity contribution in [1.29, 1.82) is 0 Å². The largest absolute Gasteiger partial charge is 0.491 e. The van der Waals surface area contributed by atoms with Crippen LogP contribution in [0.15, 0.2) is 24.4 Å². The van der Waals surface area contributed by atoms with Gasteiger partial charge in [-0.1, -0.05) is 25.2 Å². The van der Waals surface area contributed by atoms with E-state index in [0.717, 1.165) is 67.7 Å². The molecule has 0 amide bonds. The first-order valence-corrected chi connectivity index (χ1v) is 14.1. The zero-order chi connectivity index (χ0) is 26.6. The molecule has 0 radical (unpaired) electrons. The van der Waals surface area contributed by atoms with E-state index in [1.165, 1.54) is 11.3 Å². The zero-order valence-electron chi connectivity index (χ0n) is 22.3. The fourth-order valence-electron chi connectivity index (χ4n) is 5.91. The smallest absolute Gasteiger partial charge is 0.182 e. The van der Waals surface area contributed by atoms with Gasteiger partial charge in [-0.2, -0.15) is 0 Å². The summed E-state index contributed by atoms with van der Waals surface area (Å²) in [5.41, 5.74) is 13.1. The van der Waals surface area contributed by atoms with Crippen LogP contribution < -0.4 is 15.4 Å². The van der Waals surface area contributed by atoms with Gasteiger partial charge in [0.2, 0.25) is 0 Å². The standard InChI is InChI=1S/C29H33FN6OS/c1-15(2)24-17(4)33-26(18-5-6-22(30)11-18)35-27(24)36-7-8-37-25-16(3)9-19(10-21(25)14-36)20-12-23-28(32-13-20)38-29(31)34-23/h9-10,12-13,15,18,22H,5-8,11,14H2,1-4H3,(H2,31,34)/t18-,22-/m0/s1. The van der Waals surface area contributed by atoms with Crippen molar-refractivity contribution in [2.75, 3.05) is 23.8 Å². The third-order valence-electron chi connectivity index (χ3n) is 7.66. The fourth-order valence-corrected chi connectivity index (χ4v) is 6.56. The quantitative estimate of drug-likeness (QED) is 0.322. The molecule has 1 aliphatic heterocycles. The highest BCUT2D eigenvalue weighted by atomic mass is 32.1. The summed E-state index contributed by atoms with van der Waals surface area (Å²) in [6.07, 6.45) is 3.03. The number of benzene rings is 1. The van der Waals surface area contributed by atoms with Crippen molar-refractivity contribution >= 4 is 32.6 Å². The van der Waals surface area contributed by atoms with Crippen molar-refractivity contribution in [3.8, 4) is 16.9 Å². The number of nitrogens with zero attached hydrogens (tertiary/aromatic N) is 5. The van der Waals surface area contributed by atoms with Gasteiger partial charge < -0.3 is 15.4 Å². The molecule has 6 rings (SSSR count). The van der Waals surface area contributed by atoms with Crippen LogP contribution in [0.2, 0.25) is 0 Å². The van der Waals surface area contributed by atoms with E-state index in [-0.39, 0.29) is 11.8 Å². The lowest BCUT2D eigenvalue weighted by Gasteiger charge is -2.27. The summed E-state index contributed by atoms with van der Waals surface area (Å²) in [6.45, 7) is 10.4. The first-order valence-electron chi connectivity index (χ1n) is 13.3. The van der Waals surface area contributed by atoms with E-state index in [4.69, 9.17) is 20.4 Å². The number of thiazole rings is 1. The number of nitrogens with two attached hydrogens (primary N) is 1. The number of anilines is 2. The van der Waals surface area contributed by atoms with Gasteiger partial charge in [-0.15, -0.1) is 0 Å². The number of alkyl halides is 1. The Morgan fingerprint density at radius 3 is 2.71 bits per heavy atom. The second-order valence-corrected chi connectivity index (χ2v) is 11.8. The van der Waals surface area contributed by atoms with Crippen molar-refractivity contribution in [2.45, 2.75) is 71.5 Å². The molecule has 38 heavy (non-hydrogen) atoms. The van der Waals surface area contributed by atoms with Gasteiger partial charge in [0.05, 0.1) is 6.54 Å². The summed E-state index contributed by atoms with van der Waals surface area (Å²) in [5, 5.41) is 0.520. The minimum Gasteiger partial charge on any atom is -0.491 e. The number of halogens is 1. The minimum absolute atomic E-state index is 0.0789. The number of hydrogen-bond donors (Lipinski definition) is 1. The molecule has 1 aromatic carbocycles. The van der Waals surface area contributed by atoms with Crippen LogP contribution in [0.5, 0.6) is 5.75 Å². The van der Waals surface area contributed by atoms with Gasteiger partial charge in [-0.3, -0.25) is 0 Å². The van der Waals surface area contributed by atoms with Crippen LogP contribution >= 0.6 is 11.3 Å². The molecule has 1 saturated carbocycles. The van der Waals surface area contributed by atoms with Crippen molar-refractivity contribution in [3.63, 3.8) is 0 Å². The first-order chi connectivity index (χ1) is 18.3. The maximum absolute atomic E-state index is 14.0. The molecule has 1 fully saturated rings. The second kappa shape index (κ2) is 9.76. The van der Waals surface area contributed by atoms with E-state index in [1.807, 2.05) is 12.3 Å². The minimum atomic E-state index is -0.758. The fraction of sp³-hybridized carbons (Fsp3) is 0.448. The molecule has 4 heterocycles. The highest BCUT2D eigenvalue weighted by molar-refractivity contribution is 7.21. The molecule has 3 aromatic heterocycles. The molecule has 2 aliphatic rings. The molecule has 2 atom stereocenters. The van der Waals surface area contributed by atoms with Gasteiger partial charge in [0.25, 0.3) is 0 Å². The van der Waals surface area contributed by atoms with Crippen LogP contribution in [0, 0.1) is 13.8 Å². The number of aromatic nitrogens is 4. The number of aryl methyl sites for hydroxylation is 2. The van der Waals surface area contributed by atoms with Crippen molar-refractivity contribution in [2.24, 2.45) is 0 Å².